The fourth-order valence-electron chi connectivity index (χ4n) is 2.59. The van der Waals surface area contributed by atoms with Gasteiger partial charge in [-0.05, 0) is 37.6 Å². The summed E-state index contributed by atoms with van der Waals surface area (Å²) >= 11 is 3.08. The summed E-state index contributed by atoms with van der Waals surface area (Å²) in [7, 11) is 0. The van der Waals surface area contributed by atoms with Gasteiger partial charge in [-0.3, -0.25) is 0 Å². The van der Waals surface area contributed by atoms with Crippen LogP contribution < -0.4 is 4.90 Å². The van der Waals surface area contributed by atoms with Crippen LogP contribution in [0.15, 0.2) is 17.5 Å². The minimum atomic E-state index is -0.361. The molecule has 0 spiro atoms. The van der Waals surface area contributed by atoms with Crippen molar-refractivity contribution in [1.82, 2.24) is 9.36 Å². The van der Waals surface area contributed by atoms with Crippen LogP contribution in [0.4, 0.5) is 5.13 Å². The van der Waals surface area contributed by atoms with Crippen LogP contribution in [-0.4, -0.2) is 27.1 Å². The van der Waals surface area contributed by atoms with E-state index in [0.29, 0.717) is 6.04 Å². The molecule has 4 nitrogen and oxygen atoms in total. The molecule has 0 bridgehead atoms. The lowest BCUT2D eigenvalue weighted by molar-refractivity contribution is 0.162. The lowest BCUT2D eigenvalue weighted by Crippen LogP contribution is -2.30. The van der Waals surface area contributed by atoms with Crippen LogP contribution in [0, 0.1) is 6.92 Å². The molecule has 2 unspecified atom stereocenters. The number of anilines is 1. The fraction of sp³-hybridized carbons (Fsp3) is 0.538. The zero-order chi connectivity index (χ0) is 13.2. The van der Waals surface area contributed by atoms with Crippen molar-refractivity contribution in [3.05, 3.63) is 28.2 Å². The fourth-order valence-corrected chi connectivity index (χ4v) is 4.09. The Bertz CT molecular complexity index is 526. The highest BCUT2D eigenvalue weighted by Gasteiger charge is 2.29. The number of aromatic nitrogens is 2. The molecule has 0 radical (unpaired) electrons. The Morgan fingerprint density at radius 2 is 2.47 bits per heavy atom. The van der Waals surface area contributed by atoms with Crippen molar-refractivity contribution in [2.24, 2.45) is 0 Å². The number of aryl methyl sites for hydroxylation is 1. The molecule has 3 rings (SSSR count). The largest absolute Gasteiger partial charge is 0.387 e. The van der Waals surface area contributed by atoms with Crippen molar-refractivity contribution in [1.29, 1.82) is 0 Å². The topological polar surface area (TPSA) is 49.2 Å². The molecule has 0 aromatic carbocycles. The zero-order valence-electron chi connectivity index (χ0n) is 10.8. The third-order valence-corrected chi connectivity index (χ3v) is 5.32. The Morgan fingerprint density at radius 1 is 1.58 bits per heavy atom. The van der Waals surface area contributed by atoms with E-state index in [1.165, 1.54) is 18.0 Å². The van der Waals surface area contributed by atoms with Crippen LogP contribution in [0.2, 0.25) is 0 Å². The van der Waals surface area contributed by atoms with E-state index in [1.807, 2.05) is 24.4 Å². The van der Waals surface area contributed by atoms with Crippen LogP contribution >= 0.6 is 22.9 Å². The predicted octanol–water partition coefficient (Wildman–Crippen LogP) is 3.00. The number of nitrogens with zero attached hydrogens (tertiary/aromatic N) is 3. The third kappa shape index (κ3) is 2.80. The van der Waals surface area contributed by atoms with Crippen molar-refractivity contribution in [3.8, 4) is 0 Å². The first-order valence-electron chi connectivity index (χ1n) is 6.52. The summed E-state index contributed by atoms with van der Waals surface area (Å²) in [6.45, 7) is 2.95. The van der Waals surface area contributed by atoms with Crippen LogP contribution in [0.1, 0.15) is 36.1 Å². The first kappa shape index (κ1) is 13.0. The normalized spacial score (nSPS) is 20.9. The maximum atomic E-state index is 10.3. The summed E-state index contributed by atoms with van der Waals surface area (Å²) < 4.78 is 4.25. The lowest BCUT2D eigenvalue weighted by atomic mass is 10.1. The Labute approximate surface area is 120 Å². The average molecular weight is 295 g/mol. The third-order valence-electron chi connectivity index (χ3n) is 3.51. The summed E-state index contributed by atoms with van der Waals surface area (Å²) in [5.41, 5.74) is 0. The molecule has 6 heteroatoms. The standard InChI is InChI=1S/C13H17N3OS2/c1-9-14-13(19-15-9)16-6-2-4-10(16)8-11(17)12-5-3-7-18-12/h3,5,7,10-11,17H,2,4,6,8H2,1H3. The molecule has 2 atom stereocenters. The maximum absolute atomic E-state index is 10.3. The van der Waals surface area contributed by atoms with Gasteiger partial charge in [0.15, 0.2) is 0 Å². The van der Waals surface area contributed by atoms with Crippen LogP contribution in [0.5, 0.6) is 0 Å². The van der Waals surface area contributed by atoms with Gasteiger partial charge in [-0.2, -0.15) is 4.37 Å². The van der Waals surface area contributed by atoms with Crippen molar-refractivity contribution < 1.29 is 5.11 Å². The second-order valence-electron chi connectivity index (χ2n) is 4.88. The van der Waals surface area contributed by atoms with Crippen molar-refractivity contribution in [2.45, 2.75) is 38.3 Å². The quantitative estimate of drug-likeness (QED) is 0.942. The Balaban J connectivity index is 1.70. The summed E-state index contributed by atoms with van der Waals surface area (Å²) in [4.78, 5) is 7.83. The van der Waals surface area contributed by atoms with Crippen molar-refractivity contribution in [2.75, 3.05) is 11.4 Å². The van der Waals surface area contributed by atoms with Crippen LogP contribution in [0.25, 0.3) is 0 Å². The van der Waals surface area contributed by atoms with Gasteiger partial charge in [0, 0.05) is 29.0 Å². The lowest BCUT2D eigenvalue weighted by Gasteiger charge is -2.25. The molecule has 0 saturated carbocycles. The highest BCUT2D eigenvalue weighted by atomic mass is 32.1. The first-order valence-corrected chi connectivity index (χ1v) is 8.18. The van der Waals surface area contributed by atoms with Gasteiger partial charge in [-0.25, -0.2) is 4.98 Å². The van der Waals surface area contributed by atoms with Gasteiger partial charge >= 0.3 is 0 Å². The SMILES string of the molecule is Cc1nsc(N2CCCC2CC(O)c2cccs2)n1. The first-order chi connectivity index (χ1) is 9.24. The summed E-state index contributed by atoms with van der Waals surface area (Å²) in [5, 5.41) is 13.3. The van der Waals surface area contributed by atoms with Gasteiger partial charge in [0.05, 0.1) is 6.10 Å². The van der Waals surface area contributed by atoms with E-state index in [9.17, 15) is 5.11 Å². The Morgan fingerprint density at radius 3 is 3.16 bits per heavy atom. The number of hydrogen-bond donors (Lipinski definition) is 1. The van der Waals surface area contributed by atoms with E-state index in [4.69, 9.17) is 0 Å². The molecule has 2 aromatic heterocycles. The summed E-state index contributed by atoms with van der Waals surface area (Å²) in [6, 6.07) is 4.37. The number of hydrogen-bond acceptors (Lipinski definition) is 6. The zero-order valence-corrected chi connectivity index (χ0v) is 12.5. The molecular weight excluding hydrogens is 278 g/mol. The average Bonchev–Trinajstić information content (AvgIpc) is 3.08. The Hall–Kier alpha value is -0.980. The molecule has 1 N–H and O–H groups in total. The van der Waals surface area contributed by atoms with Crippen molar-refractivity contribution >= 4 is 28.0 Å². The summed E-state index contributed by atoms with van der Waals surface area (Å²) in [5.74, 6) is 0.837. The number of aliphatic hydroxyl groups is 1. The van der Waals surface area contributed by atoms with Gasteiger partial charge in [0.2, 0.25) is 5.13 Å². The molecule has 1 aliphatic rings. The molecule has 1 fully saturated rings. The molecule has 1 aliphatic heterocycles. The van der Waals surface area contributed by atoms with E-state index in [-0.39, 0.29) is 6.10 Å². The second kappa shape index (κ2) is 5.56. The highest BCUT2D eigenvalue weighted by molar-refractivity contribution is 7.10. The smallest absolute Gasteiger partial charge is 0.205 e. The summed E-state index contributed by atoms with van der Waals surface area (Å²) in [6.07, 6.45) is 2.71. The molecule has 102 valence electrons. The maximum Gasteiger partial charge on any atom is 0.205 e. The highest BCUT2D eigenvalue weighted by Crippen LogP contribution is 2.33. The van der Waals surface area contributed by atoms with E-state index in [2.05, 4.69) is 14.3 Å². The van der Waals surface area contributed by atoms with Gasteiger partial charge in [-0.1, -0.05) is 6.07 Å². The number of aliphatic hydroxyl groups excluding tert-OH is 1. The molecule has 3 heterocycles. The monoisotopic (exact) mass is 295 g/mol. The predicted molar refractivity (Wildman–Crippen MR) is 78.9 cm³/mol. The van der Waals surface area contributed by atoms with Crippen LogP contribution in [-0.2, 0) is 0 Å². The van der Waals surface area contributed by atoms with Crippen LogP contribution in [0.3, 0.4) is 0 Å². The number of rotatable bonds is 4. The minimum absolute atomic E-state index is 0.361. The van der Waals surface area contributed by atoms with Gasteiger partial charge < -0.3 is 10.0 Å². The molecule has 19 heavy (non-hydrogen) atoms. The molecular formula is C13H17N3OS2. The molecule has 1 saturated heterocycles. The van der Waals surface area contributed by atoms with Crippen molar-refractivity contribution in [3.63, 3.8) is 0 Å². The molecule has 2 aromatic rings. The Kier molecular flexibility index (Phi) is 3.81. The van der Waals surface area contributed by atoms with Gasteiger partial charge in [0.25, 0.3) is 0 Å². The molecule has 0 aliphatic carbocycles. The molecule has 0 amide bonds. The van der Waals surface area contributed by atoms with E-state index < -0.39 is 0 Å². The van der Waals surface area contributed by atoms with E-state index in [0.717, 1.165) is 35.2 Å². The minimum Gasteiger partial charge on any atom is -0.387 e. The van der Waals surface area contributed by atoms with E-state index in [1.54, 1.807) is 11.3 Å². The van der Waals surface area contributed by atoms with Gasteiger partial charge in [-0.15, -0.1) is 11.3 Å². The van der Waals surface area contributed by atoms with Gasteiger partial charge in [0.1, 0.15) is 5.82 Å². The second-order valence-corrected chi connectivity index (χ2v) is 6.59. The number of thiophene rings is 1. The van der Waals surface area contributed by atoms with E-state index >= 15 is 0 Å².